The molecule has 4 heteroatoms. The highest BCUT2D eigenvalue weighted by molar-refractivity contribution is 6.07. The maximum Gasteiger partial charge on any atom is 0.273 e. The van der Waals surface area contributed by atoms with Crippen LogP contribution in [0, 0.1) is 11.3 Å². The van der Waals surface area contributed by atoms with E-state index in [2.05, 4.69) is 48.4 Å². The molecule has 0 saturated carbocycles. The molecule has 136 valence electrons. The van der Waals surface area contributed by atoms with Crippen LogP contribution in [0.1, 0.15) is 50.9 Å². The predicted octanol–water partition coefficient (Wildman–Crippen LogP) is 5.21. The van der Waals surface area contributed by atoms with Gasteiger partial charge < -0.3 is 4.98 Å². The van der Waals surface area contributed by atoms with Crippen LogP contribution in [0.3, 0.4) is 0 Å². The van der Waals surface area contributed by atoms with Gasteiger partial charge in [-0.25, -0.2) is 5.43 Å². The molecule has 0 aliphatic heterocycles. The van der Waals surface area contributed by atoms with Gasteiger partial charge in [-0.2, -0.15) is 5.10 Å². The van der Waals surface area contributed by atoms with Gasteiger partial charge in [0, 0.05) is 23.0 Å². The number of nitrogens with zero attached hydrogens (tertiary/aromatic N) is 1. The average Bonchev–Trinajstić information content (AvgIpc) is 3.03. The van der Waals surface area contributed by atoms with Crippen LogP contribution >= 0.6 is 0 Å². The van der Waals surface area contributed by atoms with E-state index in [4.69, 9.17) is 0 Å². The Morgan fingerprint density at radius 2 is 2.12 bits per heavy atom. The molecule has 0 bridgehead atoms. The number of nitrogens with one attached hydrogen (secondary N) is 2. The minimum atomic E-state index is -0.204. The summed E-state index contributed by atoms with van der Waals surface area (Å²) in [6.45, 7) is 8.72. The summed E-state index contributed by atoms with van der Waals surface area (Å²) in [5.41, 5.74) is 6.66. The van der Waals surface area contributed by atoms with Crippen LogP contribution in [0.25, 0.3) is 10.9 Å². The van der Waals surface area contributed by atoms with Crippen LogP contribution in [-0.2, 0) is 0 Å². The molecule has 0 radical (unpaired) electrons. The number of rotatable bonds is 4. The van der Waals surface area contributed by atoms with Crippen LogP contribution in [0.5, 0.6) is 0 Å². The summed E-state index contributed by atoms with van der Waals surface area (Å²) >= 11 is 0. The van der Waals surface area contributed by atoms with Gasteiger partial charge >= 0.3 is 0 Å². The molecular weight excluding hydrogens is 322 g/mol. The highest BCUT2D eigenvalue weighted by atomic mass is 16.2. The number of benzene rings is 1. The number of allylic oxidation sites excluding steroid dienone is 4. The summed E-state index contributed by atoms with van der Waals surface area (Å²) < 4.78 is 0. The number of carbonyl (C=O) groups excluding carboxylic acids is 1. The molecule has 1 unspecified atom stereocenters. The minimum absolute atomic E-state index is 0.204. The Labute approximate surface area is 155 Å². The minimum Gasteiger partial charge on any atom is -0.360 e. The number of aromatic nitrogens is 1. The number of para-hydroxylation sites is 1. The van der Waals surface area contributed by atoms with E-state index in [1.165, 1.54) is 12.0 Å². The van der Waals surface area contributed by atoms with Gasteiger partial charge in [-0.05, 0) is 44.2 Å². The second kappa shape index (κ2) is 7.32. The molecule has 1 aliphatic carbocycles. The number of fused-ring (bicyclic) bond motifs is 1. The van der Waals surface area contributed by atoms with E-state index in [9.17, 15) is 4.79 Å². The first-order chi connectivity index (χ1) is 12.4. The van der Waals surface area contributed by atoms with Crippen LogP contribution in [0.15, 0.2) is 59.4 Å². The van der Waals surface area contributed by atoms with Gasteiger partial charge in [0.2, 0.25) is 0 Å². The molecule has 1 atom stereocenters. The number of carbonyl (C=O) groups is 1. The van der Waals surface area contributed by atoms with E-state index in [0.29, 0.717) is 11.5 Å². The van der Waals surface area contributed by atoms with Crippen LogP contribution < -0.4 is 5.43 Å². The van der Waals surface area contributed by atoms with Crippen molar-refractivity contribution in [2.75, 3.05) is 0 Å². The fourth-order valence-corrected chi connectivity index (χ4v) is 3.71. The van der Waals surface area contributed by atoms with Crippen molar-refractivity contribution < 1.29 is 4.79 Å². The van der Waals surface area contributed by atoms with Crippen molar-refractivity contribution in [3.63, 3.8) is 0 Å². The Balaban J connectivity index is 1.69. The first-order valence-electron chi connectivity index (χ1n) is 9.14. The third-order valence-corrected chi connectivity index (χ3v) is 5.29. The molecule has 0 fully saturated rings. The van der Waals surface area contributed by atoms with E-state index in [1.807, 2.05) is 37.3 Å². The smallest absolute Gasteiger partial charge is 0.273 e. The molecule has 0 saturated heterocycles. The van der Waals surface area contributed by atoms with Crippen LogP contribution in [0.2, 0.25) is 0 Å². The number of amides is 1. The normalized spacial score (nSPS) is 20.4. The lowest BCUT2D eigenvalue weighted by molar-refractivity contribution is 0.0956. The topological polar surface area (TPSA) is 57.2 Å². The molecule has 1 aromatic heterocycles. The van der Waals surface area contributed by atoms with E-state index in [-0.39, 0.29) is 11.3 Å². The zero-order chi connectivity index (χ0) is 18.7. The number of H-pyrrole nitrogens is 1. The summed E-state index contributed by atoms with van der Waals surface area (Å²) in [6, 6.07) is 7.74. The molecule has 3 rings (SSSR count). The van der Waals surface area contributed by atoms with Crippen molar-refractivity contribution in [1.29, 1.82) is 0 Å². The monoisotopic (exact) mass is 349 g/mol. The van der Waals surface area contributed by atoms with Gasteiger partial charge in [-0.15, -0.1) is 0 Å². The summed E-state index contributed by atoms with van der Waals surface area (Å²) in [7, 11) is 0. The Morgan fingerprint density at radius 3 is 2.88 bits per heavy atom. The maximum atomic E-state index is 12.4. The Morgan fingerprint density at radius 1 is 1.35 bits per heavy atom. The summed E-state index contributed by atoms with van der Waals surface area (Å²) in [5, 5.41) is 5.14. The van der Waals surface area contributed by atoms with Gasteiger partial charge in [-0.1, -0.05) is 49.8 Å². The second-order valence-electron chi connectivity index (χ2n) is 7.75. The Kier molecular flexibility index (Phi) is 5.12. The molecule has 4 nitrogen and oxygen atoms in total. The summed E-state index contributed by atoms with van der Waals surface area (Å²) in [5.74, 6) is 0.204. The quantitative estimate of drug-likeness (QED) is 0.444. The van der Waals surface area contributed by atoms with E-state index in [0.717, 1.165) is 23.0 Å². The van der Waals surface area contributed by atoms with Crippen LogP contribution in [0.4, 0.5) is 0 Å². The first kappa shape index (κ1) is 18.2. The molecule has 2 N–H and O–H groups in total. The van der Waals surface area contributed by atoms with Gasteiger partial charge in [-0.3, -0.25) is 4.79 Å². The average molecular weight is 349 g/mol. The number of aromatic amines is 1. The third-order valence-electron chi connectivity index (χ3n) is 5.29. The van der Waals surface area contributed by atoms with E-state index >= 15 is 0 Å². The van der Waals surface area contributed by atoms with Gasteiger partial charge in [0.15, 0.2) is 0 Å². The number of hydrogen-bond acceptors (Lipinski definition) is 2. The third kappa shape index (κ3) is 3.79. The van der Waals surface area contributed by atoms with Crippen molar-refractivity contribution >= 4 is 22.5 Å². The number of hydrazone groups is 1. The van der Waals surface area contributed by atoms with E-state index < -0.39 is 0 Å². The standard InChI is InChI=1S/C22H27N3O/c1-15-8-7-13-22(3,4)19(15)12-11-16(2)24-25-21(26)18-14-23-20-10-6-5-9-17(18)20/h5-6,8-12,14,19,23H,7,13H2,1-4H3,(H,25,26). The first-order valence-corrected chi connectivity index (χ1v) is 9.14. The fourth-order valence-electron chi connectivity index (χ4n) is 3.71. The highest BCUT2D eigenvalue weighted by Gasteiger charge is 2.30. The summed E-state index contributed by atoms with van der Waals surface area (Å²) in [6.07, 6.45) is 10.6. The Bertz CT molecular complexity index is 899. The van der Waals surface area contributed by atoms with Gasteiger partial charge in [0.1, 0.15) is 0 Å². The van der Waals surface area contributed by atoms with Crippen LogP contribution in [-0.4, -0.2) is 16.6 Å². The molecule has 1 heterocycles. The molecule has 2 aromatic rings. The highest BCUT2D eigenvalue weighted by Crippen LogP contribution is 2.41. The van der Waals surface area contributed by atoms with Crippen molar-refractivity contribution in [2.24, 2.45) is 16.4 Å². The second-order valence-corrected chi connectivity index (χ2v) is 7.75. The van der Waals surface area contributed by atoms with Crippen molar-refractivity contribution in [2.45, 2.75) is 40.5 Å². The zero-order valence-corrected chi connectivity index (χ0v) is 16.0. The fraction of sp³-hybridized carbons (Fsp3) is 0.364. The molecule has 0 spiro atoms. The van der Waals surface area contributed by atoms with Crippen molar-refractivity contribution in [1.82, 2.24) is 10.4 Å². The zero-order valence-electron chi connectivity index (χ0n) is 16.0. The lowest BCUT2D eigenvalue weighted by atomic mass is 9.68. The largest absolute Gasteiger partial charge is 0.360 e. The number of hydrogen-bond donors (Lipinski definition) is 2. The van der Waals surface area contributed by atoms with Gasteiger partial charge in [0.05, 0.1) is 11.3 Å². The van der Waals surface area contributed by atoms with E-state index in [1.54, 1.807) is 6.20 Å². The molecular formula is C22H27N3O. The lowest BCUT2D eigenvalue weighted by Gasteiger charge is -2.36. The SMILES string of the molecule is CC1=CCCC(C)(C)C1C=CC(C)=NNC(=O)c1c[nH]c2ccccc12. The Hall–Kier alpha value is -2.62. The molecule has 1 aromatic carbocycles. The molecule has 1 aliphatic rings. The maximum absolute atomic E-state index is 12.4. The molecule has 1 amide bonds. The summed E-state index contributed by atoms with van der Waals surface area (Å²) in [4.78, 5) is 15.5. The van der Waals surface area contributed by atoms with Gasteiger partial charge in [0.25, 0.3) is 5.91 Å². The van der Waals surface area contributed by atoms with Crippen molar-refractivity contribution in [3.05, 3.63) is 59.8 Å². The molecule has 26 heavy (non-hydrogen) atoms. The predicted molar refractivity (Wildman–Crippen MR) is 108 cm³/mol. The van der Waals surface area contributed by atoms with Crippen molar-refractivity contribution in [3.8, 4) is 0 Å². The lowest BCUT2D eigenvalue weighted by Crippen LogP contribution is -2.26.